The minimum absolute atomic E-state index is 0.0757. The number of pyridine rings is 2. The highest BCUT2D eigenvalue weighted by Crippen LogP contribution is 2.41. The normalized spacial score (nSPS) is 16.4. The summed E-state index contributed by atoms with van der Waals surface area (Å²) in [6.45, 7) is 13.6. The van der Waals surface area contributed by atoms with Crippen LogP contribution < -0.4 is 32.5 Å². The lowest BCUT2D eigenvalue weighted by Crippen LogP contribution is -2.43. The Labute approximate surface area is 623 Å². The number of nitrogens with two attached hydrogens (primary N) is 2. The van der Waals surface area contributed by atoms with Crippen LogP contribution in [0.5, 0.6) is 5.75 Å². The maximum atomic E-state index is 12.8. The second kappa shape index (κ2) is 32.9. The van der Waals surface area contributed by atoms with Gasteiger partial charge in [-0.15, -0.1) is 11.3 Å². The number of H-pyrrole nitrogens is 1. The molecule has 544 valence electrons. The number of fused-ring (bicyclic) bond motifs is 3. The number of thiazole rings is 1. The van der Waals surface area contributed by atoms with E-state index < -0.39 is 9.84 Å². The van der Waals surface area contributed by atoms with Crippen LogP contribution in [0.25, 0.3) is 61.4 Å². The van der Waals surface area contributed by atoms with E-state index >= 15 is 0 Å². The second-order valence-corrected chi connectivity index (χ2v) is 32.9. The van der Waals surface area contributed by atoms with Crippen LogP contribution in [0, 0.1) is 31.1 Å². The quantitative estimate of drug-likeness (QED) is 0.0503. The molecule has 0 atom stereocenters. The number of likely N-dealkylation sites (tertiary alicyclic amines) is 1. The minimum Gasteiger partial charge on any atom is -0.492 e. The fraction of sp³-hybridized carbons (Fsp3) is 0.354. The molecule has 3 aliphatic carbocycles. The molecule has 23 heteroatoms. The molecule has 0 bridgehead atoms. The van der Waals surface area contributed by atoms with E-state index in [2.05, 4.69) is 93.2 Å². The molecule has 105 heavy (non-hydrogen) atoms. The number of aromatic amines is 1. The fourth-order valence-corrected chi connectivity index (χ4v) is 16.4. The van der Waals surface area contributed by atoms with Gasteiger partial charge in [0.15, 0.2) is 15.5 Å². The molecule has 0 radical (unpaired) electrons. The lowest BCUT2D eigenvalue weighted by molar-refractivity contribution is 0.238. The average Bonchev–Trinajstić information content (AvgIpc) is 1.74. The lowest BCUT2D eigenvalue weighted by Gasteiger charge is -2.38. The maximum absolute atomic E-state index is 12.8. The van der Waals surface area contributed by atoms with Crippen molar-refractivity contribution >= 4 is 72.5 Å². The van der Waals surface area contributed by atoms with Crippen LogP contribution in [-0.2, 0) is 35.3 Å². The number of nitrogens with zero attached hydrogens (tertiary/aromatic N) is 11. The first-order valence-electron chi connectivity index (χ1n) is 36.4. The first kappa shape index (κ1) is 73.8. The van der Waals surface area contributed by atoms with Crippen LogP contribution in [0.3, 0.4) is 0 Å². The predicted octanol–water partition coefficient (Wildman–Crippen LogP) is 16.5. The Morgan fingerprint density at radius 1 is 0.724 bits per heavy atom. The topological polar surface area (TPSA) is 268 Å². The van der Waals surface area contributed by atoms with Crippen LogP contribution in [0.4, 0.5) is 23.1 Å². The van der Waals surface area contributed by atoms with E-state index in [4.69, 9.17) is 37.8 Å². The van der Waals surface area contributed by atoms with Crippen molar-refractivity contribution in [3.05, 3.63) is 219 Å². The van der Waals surface area contributed by atoms with Gasteiger partial charge in [-0.1, -0.05) is 111 Å². The maximum Gasteiger partial charge on any atom is 0.347 e. The Kier molecular flexibility index (Phi) is 23.1. The first-order valence-corrected chi connectivity index (χ1v) is 39.3. The van der Waals surface area contributed by atoms with Gasteiger partial charge < -0.3 is 26.8 Å². The second-order valence-electron chi connectivity index (χ2n) is 29.4. The van der Waals surface area contributed by atoms with Crippen molar-refractivity contribution in [1.82, 2.24) is 59.2 Å². The SMILES string of the molecule is Cc1cnc(Nc2ccc(OCCN3CCCC3)cc2)nc1Nc1cccc(S(=O)(=O)CC(C)(C)C)c1.Cc1nc(-c2ccccc2Cl)cs1.Cn1ncc(-c2ccnc(CC3CCC(N)CC3)n2)c1CC1CC1.NC1(c2ccc(-c3nc4ccn5c(=O)[nH]nc5c4cc3-c3ccccc3)cc2)CCC1. The summed E-state index contributed by atoms with van der Waals surface area (Å²) in [5.74, 6) is 4.43. The smallest absolute Gasteiger partial charge is 0.347 e. The summed E-state index contributed by atoms with van der Waals surface area (Å²) in [6, 6.07) is 47.3. The molecule has 5 aromatic carbocycles. The molecule has 8 heterocycles. The monoisotopic (exact) mass is 1460 g/mol. The Bertz CT molecular complexity index is 5110. The molecule has 4 aliphatic rings. The van der Waals surface area contributed by atoms with Crippen LogP contribution in [0.15, 0.2) is 185 Å². The number of anilines is 4. The number of benzene rings is 5. The molecule has 0 spiro atoms. The number of aromatic nitrogens is 11. The number of sulfone groups is 1. The average molecular weight is 1470 g/mol. The first-order chi connectivity index (χ1) is 50.7. The van der Waals surface area contributed by atoms with Crippen molar-refractivity contribution in [2.45, 2.75) is 135 Å². The summed E-state index contributed by atoms with van der Waals surface area (Å²) in [5, 5.41) is 22.4. The highest BCUT2D eigenvalue weighted by Gasteiger charge is 2.34. The third-order valence-electron chi connectivity index (χ3n) is 19.8. The van der Waals surface area contributed by atoms with E-state index in [9.17, 15) is 13.2 Å². The lowest BCUT2D eigenvalue weighted by atomic mass is 9.72. The largest absolute Gasteiger partial charge is 0.492 e. The summed E-state index contributed by atoms with van der Waals surface area (Å²) in [7, 11) is -1.37. The minimum atomic E-state index is -3.40. The van der Waals surface area contributed by atoms with Crippen molar-refractivity contribution in [2.24, 2.45) is 35.8 Å². The fourth-order valence-electron chi connectivity index (χ4n) is 13.7. The molecule has 16 rings (SSSR count). The zero-order valence-corrected chi connectivity index (χ0v) is 63.0. The standard InChI is InChI=1S/C28H37N5O3S.C25H21N5O.C19H27N5.C10H8ClNS/c1-21-19-29-27(31-22-10-12-24(13-11-22)36-17-16-33-14-5-6-15-33)32-26(21)30-23-8-7-9-25(18-23)37(34,35)20-28(2,3)4;26-25(12-4-13-25)18-9-7-17(8-10-18)22-19(16-5-2-1-3-6-16)15-20-21(27-22)11-14-30-23(20)28-29-24(30)31;1-24-18(10-13-2-3-13)16(12-22-24)17-8-9-21-19(23-17)11-14-4-6-15(20)7-5-14;1-7-12-10(6-13-7)8-4-2-3-5-9(8)11/h7-13,18-19H,5-6,14-17,20H2,1-4H3,(H2,29,30,31,32);1-3,5-11,14-15H,4,12-13,26H2,(H,29,31);8-9,12-15H,2-7,10-11,20H2,1H3;2-6H,1H3. The molecule has 7 aromatic heterocycles. The van der Waals surface area contributed by atoms with Gasteiger partial charge in [0.25, 0.3) is 0 Å². The van der Waals surface area contributed by atoms with Gasteiger partial charge in [-0.25, -0.2) is 47.6 Å². The molecule has 7 N–H and O–H groups in total. The molecule has 1 aliphatic heterocycles. The summed E-state index contributed by atoms with van der Waals surface area (Å²) in [5.41, 5.74) is 26.1. The summed E-state index contributed by atoms with van der Waals surface area (Å²) in [6.07, 6.45) is 22.6. The van der Waals surface area contributed by atoms with Gasteiger partial charge >= 0.3 is 5.69 Å². The molecule has 0 amide bonds. The molecule has 4 fully saturated rings. The van der Waals surface area contributed by atoms with Gasteiger partial charge in [-0.2, -0.15) is 15.2 Å². The van der Waals surface area contributed by atoms with Crippen LogP contribution in [0.2, 0.25) is 5.02 Å². The Hall–Kier alpha value is -9.55. The number of ether oxygens (including phenoxy) is 1. The highest BCUT2D eigenvalue weighted by atomic mass is 35.5. The number of nitrogens with one attached hydrogen (secondary N) is 3. The van der Waals surface area contributed by atoms with Crippen molar-refractivity contribution in [2.75, 3.05) is 42.6 Å². The summed E-state index contributed by atoms with van der Waals surface area (Å²) in [4.78, 5) is 42.5. The highest BCUT2D eigenvalue weighted by molar-refractivity contribution is 7.91. The molecular weight excluding hydrogens is 1370 g/mol. The van der Waals surface area contributed by atoms with E-state index in [1.165, 1.54) is 79.3 Å². The van der Waals surface area contributed by atoms with Gasteiger partial charge in [0.2, 0.25) is 5.95 Å². The Morgan fingerprint density at radius 2 is 1.46 bits per heavy atom. The van der Waals surface area contributed by atoms with E-state index in [1.807, 2.05) is 149 Å². The zero-order chi connectivity index (χ0) is 73.2. The van der Waals surface area contributed by atoms with E-state index in [0.717, 1.165) is 134 Å². The number of halogens is 1. The van der Waals surface area contributed by atoms with E-state index in [1.54, 1.807) is 41.9 Å². The molecule has 0 unspecified atom stereocenters. The van der Waals surface area contributed by atoms with Gasteiger partial charge in [0.1, 0.15) is 24.0 Å². The summed E-state index contributed by atoms with van der Waals surface area (Å²) >= 11 is 7.67. The van der Waals surface area contributed by atoms with E-state index in [-0.39, 0.29) is 22.4 Å². The number of hydrogen-bond donors (Lipinski definition) is 5. The number of rotatable bonds is 19. The van der Waals surface area contributed by atoms with Crippen molar-refractivity contribution in [1.29, 1.82) is 0 Å². The van der Waals surface area contributed by atoms with Crippen LogP contribution >= 0.6 is 22.9 Å². The van der Waals surface area contributed by atoms with Crippen molar-refractivity contribution < 1.29 is 13.2 Å². The summed E-state index contributed by atoms with van der Waals surface area (Å²) < 4.78 is 35.1. The predicted molar refractivity (Wildman–Crippen MR) is 422 cm³/mol. The third kappa shape index (κ3) is 18.9. The Morgan fingerprint density at radius 3 is 2.16 bits per heavy atom. The third-order valence-corrected chi connectivity index (χ3v) is 23.2. The molecule has 3 saturated carbocycles. The van der Waals surface area contributed by atoms with Crippen LogP contribution in [0.1, 0.15) is 119 Å². The van der Waals surface area contributed by atoms with Crippen molar-refractivity contribution in [3.8, 4) is 50.6 Å². The van der Waals surface area contributed by atoms with Gasteiger partial charge in [-0.3, -0.25) is 9.58 Å². The molecule has 1 saturated heterocycles. The number of aryl methyl sites for hydroxylation is 3. The zero-order valence-electron chi connectivity index (χ0n) is 60.6. The van der Waals surface area contributed by atoms with Gasteiger partial charge in [0, 0.05) is 111 Å². The molecule has 12 aromatic rings. The number of hydrogen-bond acceptors (Lipinski definition) is 18. The molecule has 20 nitrogen and oxygen atoms in total. The Balaban J connectivity index is 0.000000130. The van der Waals surface area contributed by atoms with Gasteiger partial charge in [-0.05, 0) is 199 Å². The van der Waals surface area contributed by atoms with E-state index in [0.29, 0.717) is 46.6 Å². The van der Waals surface area contributed by atoms with Crippen LogP contribution in [-0.4, -0.2) is 106 Å². The van der Waals surface area contributed by atoms with Gasteiger partial charge in [0.05, 0.1) is 44.5 Å². The molecular formula is C82H93ClN16O4S2. The van der Waals surface area contributed by atoms with Crippen molar-refractivity contribution in [3.63, 3.8) is 0 Å².